The van der Waals surface area contributed by atoms with Gasteiger partial charge in [0.05, 0.1) is 39.8 Å². The fourth-order valence-corrected chi connectivity index (χ4v) is 2.92. The van der Waals surface area contributed by atoms with E-state index in [1.54, 1.807) is 49.6 Å². The third kappa shape index (κ3) is 4.51. The van der Waals surface area contributed by atoms with E-state index in [1.165, 1.54) is 0 Å². The Balaban J connectivity index is 2.45. The van der Waals surface area contributed by atoms with Crippen molar-refractivity contribution in [2.45, 2.75) is 13.8 Å². The second-order valence-corrected chi connectivity index (χ2v) is 6.28. The Morgan fingerprint density at radius 1 is 1.16 bits per heavy atom. The maximum Gasteiger partial charge on any atom is 0.206 e. The summed E-state index contributed by atoms with van der Waals surface area (Å²) in [6.45, 7) is 8.39. The Bertz CT molecular complexity index is 850. The zero-order valence-electron chi connectivity index (χ0n) is 15.2. The van der Waals surface area contributed by atoms with Gasteiger partial charge < -0.3 is 14.2 Å². The molecule has 25 heavy (non-hydrogen) atoms. The summed E-state index contributed by atoms with van der Waals surface area (Å²) in [6, 6.07) is 3.60. The van der Waals surface area contributed by atoms with E-state index in [0.29, 0.717) is 23.8 Å². The molecule has 6 nitrogen and oxygen atoms in total. The molecule has 1 aromatic heterocycles. The van der Waals surface area contributed by atoms with Crippen molar-refractivity contribution >= 4 is 17.6 Å². The number of thiazole rings is 1. The molecule has 0 amide bonds. The molecule has 0 aliphatic carbocycles. The lowest BCUT2D eigenvalue weighted by molar-refractivity contribution is 0.349. The van der Waals surface area contributed by atoms with E-state index in [9.17, 15) is 0 Å². The minimum absolute atomic E-state index is 0.579. The molecule has 0 saturated heterocycles. The van der Waals surface area contributed by atoms with Crippen LogP contribution < -0.4 is 19.0 Å². The molecule has 2 rings (SSSR count). The monoisotopic (exact) mass is 361 g/mol. The largest absolute Gasteiger partial charge is 0.496 e. The number of hydrogen-bond acceptors (Lipinski definition) is 6. The normalized spacial score (nSPS) is 11.8. The molecule has 0 unspecified atom stereocenters. The van der Waals surface area contributed by atoms with Gasteiger partial charge in [0.15, 0.2) is 11.5 Å². The van der Waals surface area contributed by atoms with Crippen LogP contribution in [0.2, 0.25) is 0 Å². The first-order valence-corrected chi connectivity index (χ1v) is 8.54. The van der Waals surface area contributed by atoms with Crippen LogP contribution in [0, 0.1) is 6.92 Å². The highest BCUT2D eigenvalue weighted by Gasteiger charge is 2.10. The number of ether oxygens (including phenoxy) is 3. The van der Waals surface area contributed by atoms with Gasteiger partial charge in [-0.15, -0.1) is 11.3 Å². The lowest BCUT2D eigenvalue weighted by atomic mass is 10.2. The van der Waals surface area contributed by atoms with Crippen LogP contribution in [0.15, 0.2) is 39.8 Å². The molecule has 0 aliphatic heterocycles. The predicted molar refractivity (Wildman–Crippen MR) is 101 cm³/mol. The number of benzene rings is 1. The summed E-state index contributed by atoms with van der Waals surface area (Å²) in [5.41, 5.74) is 2.79. The highest BCUT2D eigenvalue weighted by Crippen LogP contribution is 2.33. The summed E-state index contributed by atoms with van der Waals surface area (Å²) >= 11 is 1.54. The molecule has 0 radical (unpaired) electrons. The first-order chi connectivity index (χ1) is 12.0. The topological polar surface area (TPSA) is 57.3 Å². The number of methoxy groups -OCH3 is 3. The lowest BCUT2D eigenvalue weighted by Crippen LogP contribution is -2.13. The molecule has 0 N–H and O–H groups in total. The molecule has 0 bridgehead atoms. The Kier molecular flexibility index (Phi) is 6.41. The maximum atomic E-state index is 5.43. The summed E-state index contributed by atoms with van der Waals surface area (Å²) in [4.78, 5) is 5.35. The minimum Gasteiger partial charge on any atom is -0.496 e. The van der Waals surface area contributed by atoms with Crippen LogP contribution in [0.25, 0.3) is 0 Å². The van der Waals surface area contributed by atoms with E-state index in [1.807, 2.05) is 25.3 Å². The summed E-state index contributed by atoms with van der Waals surface area (Å²) in [7, 11) is 4.79. The third-order valence-corrected chi connectivity index (χ3v) is 4.35. The molecule has 134 valence electrons. The van der Waals surface area contributed by atoms with E-state index in [2.05, 4.69) is 16.7 Å². The SMILES string of the molecule is C=C(C)CN=c1scc(C)n1N=Cc1cc(OC)c(OC)cc1OC. The van der Waals surface area contributed by atoms with Crippen molar-refractivity contribution in [1.29, 1.82) is 0 Å². The van der Waals surface area contributed by atoms with Gasteiger partial charge >= 0.3 is 0 Å². The fourth-order valence-electron chi connectivity index (χ4n) is 2.11. The maximum absolute atomic E-state index is 5.43. The number of hydrogen-bond donors (Lipinski definition) is 0. The van der Waals surface area contributed by atoms with Crippen LogP contribution in [-0.4, -0.2) is 38.8 Å². The second-order valence-electron chi connectivity index (χ2n) is 5.44. The third-order valence-electron chi connectivity index (χ3n) is 3.38. The van der Waals surface area contributed by atoms with Crippen LogP contribution in [0.5, 0.6) is 17.2 Å². The zero-order chi connectivity index (χ0) is 18.4. The minimum atomic E-state index is 0.579. The highest BCUT2D eigenvalue weighted by molar-refractivity contribution is 7.07. The Labute approximate surface area is 151 Å². The van der Waals surface area contributed by atoms with Crippen molar-refractivity contribution in [1.82, 2.24) is 4.68 Å². The van der Waals surface area contributed by atoms with Gasteiger partial charge in [0.25, 0.3) is 0 Å². The summed E-state index contributed by atoms with van der Waals surface area (Å²) in [5.74, 6) is 1.87. The van der Waals surface area contributed by atoms with Crippen molar-refractivity contribution < 1.29 is 14.2 Å². The number of aryl methyl sites for hydroxylation is 1. The van der Waals surface area contributed by atoms with Crippen LogP contribution in [0.3, 0.4) is 0 Å². The Hall–Kier alpha value is -2.54. The quantitative estimate of drug-likeness (QED) is 0.562. The molecule has 0 aliphatic rings. The van der Waals surface area contributed by atoms with Crippen LogP contribution in [0.4, 0.5) is 0 Å². The molecule has 1 aromatic carbocycles. The Morgan fingerprint density at radius 3 is 2.40 bits per heavy atom. The van der Waals surface area contributed by atoms with Gasteiger partial charge in [0.1, 0.15) is 5.75 Å². The van der Waals surface area contributed by atoms with E-state index in [0.717, 1.165) is 21.6 Å². The first-order valence-electron chi connectivity index (χ1n) is 7.66. The average molecular weight is 361 g/mol. The highest BCUT2D eigenvalue weighted by atomic mass is 32.1. The average Bonchev–Trinajstić information content (AvgIpc) is 2.96. The fraction of sp³-hybridized carbons (Fsp3) is 0.333. The first kappa shape index (κ1) is 18.8. The van der Waals surface area contributed by atoms with E-state index in [4.69, 9.17) is 14.2 Å². The van der Waals surface area contributed by atoms with Gasteiger partial charge in [-0.05, 0) is 19.9 Å². The molecule has 1 heterocycles. The smallest absolute Gasteiger partial charge is 0.206 e. The second kappa shape index (κ2) is 8.53. The molecule has 0 atom stereocenters. The summed E-state index contributed by atoms with van der Waals surface area (Å²) in [6.07, 6.45) is 1.72. The van der Waals surface area contributed by atoms with Crippen molar-refractivity contribution in [2.75, 3.05) is 27.9 Å². The summed E-state index contributed by atoms with van der Waals surface area (Å²) < 4.78 is 17.9. The van der Waals surface area contributed by atoms with Gasteiger partial charge in [-0.1, -0.05) is 12.2 Å². The number of aromatic nitrogens is 1. The van der Waals surface area contributed by atoms with Gasteiger partial charge in [-0.3, -0.25) is 4.99 Å². The standard InChI is InChI=1S/C18H23N3O3S/c1-12(2)9-19-18-21(13(3)11-25-18)20-10-14-7-16(23-5)17(24-6)8-15(14)22-4/h7-8,10-11H,1,9H2,2-6H3. The Morgan fingerprint density at radius 2 is 1.80 bits per heavy atom. The lowest BCUT2D eigenvalue weighted by Gasteiger charge is -2.11. The van der Waals surface area contributed by atoms with E-state index >= 15 is 0 Å². The molecule has 0 saturated carbocycles. The summed E-state index contributed by atoms with van der Waals surface area (Å²) in [5, 5.41) is 6.57. The predicted octanol–water partition coefficient (Wildman–Crippen LogP) is 3.24. The van der Waals surface area contributed by atoms with Crippen LogP contribution in [-0.2, 0) is 0 Å². The van der Waals surface area contributed by atoms with Crippen LogP contribution >= 0.6 is 11.3 Å². The molecular formula is C18H23N3O3S. The van der Waals surface area contributed by atoms with E-state index in [-0.39, 0.29) is 0 Å². The van der Waals surface area contributed by atoms with Gasteiger partial charge in [-0.2, -0.15) is 5.10 Å². The molecule has 7 heteroatoms. The number of nitrogens with zero attached hydrogens (tertiary/aromatic N) is 3. The zero-order valence-corrected chi connectivity index (χ0v) is 16.0. The number of rotatable bonds is 7. The molecule has 2 aromatic rings. The molecule has 0 spiro atoms. The van der Waals surface area contributed by atoms with Crippen molar-refractivity contribution in [3.8, 4) is 17.2 Å². The van der Waals surface area contributed by atoms with Gasteiger partial charge in [0, 0.05) is 17.0 Å². The van der Waals surface area contributed by atoms with Crippen LogP contribution in [0.1, 0.15) is 18.2 Å². The van der Waals surface area contributed by atoms with Crippen molar-refractivity contribution in [3.63, 3.8) is 0 Å². The van der Waals surface area contributed by atoms with Crippen molar-refractivity contribution in [2.24, 2.45) is 10.1 Å². The van der Waals surface area contributed by atoms with E-state index < -0.39 is 0 Å². The van der Waals surface area contributed by atoms with Gasteiger partial charge in [0.2, 0.25) is 4.80 Å². The molecule has 0 fully saturated rings. The molecular weight excluding hydrogens is 338 g/mol. The van der Waals surface area contributed by atoms with Crippen molar-refractivity contribution in [3.05, 3.63) is 45.7 Å². The van der Waals surface area contributed by atoms with Gasteiger partial charge in [-0.25, -0.2) is 4.68 Å².